The van der Waals surface area contributed by atoms with Gasteiger partial charge in [0.05, 0.1) is 17.3 Å². The molecule has 3 rings (SSSR count). The number of Topliss-reactive ketones (excluding diaryl/α,β-unsaturated/α-hetero) is 1. The molecule has 1 aromatic carbocycles. The first-order valence-corrected chi connectivity index (χ1v) is 8.68. The van der Waals surface area contributed by atoms with E-state index in [4.69, 9.17) is 5.73 Å². The van der Waals surface area contributed by atoms with E-state index < -0.39 is 28.7 Å². The van der Waals surface area contributed by atoms with Crippen molar-refractivity contribution in [1.82, 2.24) is 4.90 Å². The van der Waals surface area contributed by atoms with E-state index in [9.17, 15) is 19.5 Å². The molecule has 2 heterocycles. The third-order valence-corrected chi connectivity index (χ3v) is 6.34. The smallest absolute Gasteiger partial charge is 0.327 e. The van der Waals surface area contributed by atoms with Gasteiger partial charge in [-0.3, -0.25) is 9.59 Å². The van der Waals surface area contributed by atoms with E-state index in [1.165, 1.54) is 16.7 Å². The number of carboxylic acid groups (broad SMARTS) is 1. The Bertz CT molecular complexity index is 691. The molecule has 1 unspecified atom stereocenters. The third-order valence-electron chi connectivity index (χ3n) is 4.71. The van der Waals surface area contributed by atoms with Gasteiger partial charge in [0.1, 0.15) is 6.04 Å². The highest BCUT2D eigenvalue weighted by Crippen LogP contribution is 2.54. The molecule has 0 spiro atoms. The highest BCUT2D eigenvalue weighted by Gasteiger charge is 2.63. The summed E-state index contributed by atoms with van der Waals surface area (Å²) < 4.78 is -0.578. The molecule has 1 aromatic rings. The number of ketones is 1. The Hall–Kier alpha value is -1.86. The number of hydrogen-bond acceptors (Lipinski definition) is 5. The molecule has 3 N–H and O–H groups in total. The molecule has 4 atom stereocenters. The first kappa shape index (κ1) is 17.0. The number of nitrogens with two attached hydrogens (primary N) is 1. The summed E-state index contributed by atoms with van der Waals surface area (Å²) in [5.74, 6) is -1.95. The molecule has 128 valence electrons. The number of β-lactam (4-membered cyclic amide) rings is 1. The average Bonchev–Trinajstić information content (AvgIpc) is 2.80. The molecule has 0 aliphatic carbocycles. The molecular formula is C17H20N2O4S. The predicted octanol–water partition coefficient (Wildman–Crippen LogP) is 1.41. The minimum absolute atomic E-state index is 0.0471. The summed E-state index contributed by atoms with van der Waals surface area (Å²) in [6.07, 6.45) is 0.0471. The zero-order valence-electron chi connectivity index (χ0n) is 13.5. The topological polar surface area (TPSA) is 101 Å². The van der Waals surface area contributed by atoms with E-state index in [-0.39, 0.29) is 23.5 Å². The molecule has 6 nitrogen and oxygen atoms in total. The van der Waals surface area contributed by atoms with Crippen molar-refractivity contribution in [3.05, 3.63) is 35.9 Å². The van der Waals surface area contributed by atoms with Crippen molar-refractivity contribution in [3.63, 3.8) is 0 Å². The van der Waals surface area contributed by atoms with E-state index in [0.29, 0.717) is 5.56 Å². The Balaban J connectivity index is 1.71. The summed E-state index contributed by atoms with van der Waals surface area (Å²) in [5.41, 5.74) is 6.72. The van der Waals surface area contributed by atoms with Crippen molar-refractivity contribution < 1.29 is 19.5 Å². The number of aliphatic carboxylic acids is 1. The van der Waals surface area contributed by atoms with Gasteiger partial charge >= 0.3 is 5.97 Å². The van der Waals surface area contributed by atoms with Gasteiger partial charge in [-0.05, 0) is 19.4 Å². The molecule has 0 aromatic heterocycles. The Kier molecular flexibility index (Phi) is 4.17. The number of amides is 1. The van der Waals surface area contributed by atoms with Crippen LogP contribution in [0, 0.1) is 5.92 Å². The van der Waals surface area contributed by atoms with Crippen molar-refractivity contribution in [2.45, 2.75) is 42.5 Å². The van der Waals surface area contributed by atoms with Crippen LogP contribution < -0.4 is 5.73 Å². The minimum atomic E-state index is -1.01. The number of carbonyl (C=O) groups excluding carboxylic acids is 2. The van der Waals surface area contributed by atoms with Crippen LogP contribution >= 0.6 is 11.8 Å². The van der Waals surface area contributed by atoms with Crippen LogP contribution in [0.4, 0.5) is 0 Å². The summed E-state index contributed by atoms with van der Waals surface area (Å²) in [7, 11) is 0. The summed E-state index contributed by atoms with van der Waals surface area (Å²) in [5, 5.41) is 9.14. The largest absolute Gasteiger partial charge is 0.480 e. The van der Waals surface area contributed by atoms with Gasteiger partial charge in [0.25, 0.3) is 0 Å². The maximum absolute atomic E-state index is 12.4. The molecular weight excluding hydrogens is 328 g/mol. The number of carbonyl (C=O) groups is 3. The van der Waals surface area contributed by atoms with Crippen LogP contribution in [0.25, 0.3) is 0 Å². The molecule has 2 aliphatic rings. The monoisotopic (exact) mass is 348 g/mol. The Morgan fingerprint density at radius 2 is 1.96 bits per heavy atom. The van der Waals surface area contributed by atoms with Gasteiger partial charge in [-0.15, -0.1) is 11.8 Å². The second kappa shape index (κ2) is 5.89. The second-order valence-corrected chi connectivity index (χ2v) is 8.53. The quantitative estimate of drug-likeness (QED) is 0.780. The molecule has 2 fully saturated rings. The average molecular weight is 348 g/mol. The Morgan fingerprint density at radius 1 is 1.33 bits per heavy atom. The first-order valence-electron chi connectivity index (χ1n) is 7.80. The first-order chi connectivity index (χ1) is 11.2. The zero-order chi connectivity index (χ0) is 17.6. The number of thioether (sulfide) groups is 1. The number of benzene rings is 1. The molecule has 1 amide bonds. The van der Waals surface area contributed by atoms with E-state index in [2.05, 4.69) is 0 Å². The summed E-state index contributed by atoms with van der Waals surface area (Å²) in [6, 6.07) is 7.42. The van der Waals surface area contributed by atoms with Crippen LogP contribution in [-0.2, 0) is 14.4 Å². The van der Waals surface area contributed by atoms with Crippen LogP contribution in [-0.4, -0.2) is 43.8 Å². The van der Waals surface area contributed by atoms with Crippen LogP contribution in [0.5, 0.6) is 0 Å². The van der Waals surface area contributed by atoms with Crippen molar-refractivity contribution in [1.29, 1.82) is 0 Å². The number of rotatable bonds is 5. The van der Waals surface area contributed by atoms with Gasteiger partial charge in [-0.2, -0.15) is 0 Å². The minimum Gasteiger partial charge on any atom is -0.480 e. The lowest BCUT2D eigenvalue weighted by molar-refractivity contribution is -0.164. The van der Waals surface area contributed by atoms with Gasteiger partial charge in [-0.25, -0.2) is 4.79 Å². The molecule has 0 saturated carbocycles. The highest BCUT2D eigenvalue weighted by atomic mass is 32.2. The predicted molar refractivity (Wildman–Crippen MR) is 90.2 cm³/mol. The standard InChI is InChI=1S/C17H20N2O4S/c1-17(2)13(16(22)23)19-14(21)10(15(19)24-17)8-11(20)12(18)9-6-4-3-5-7-9/h3-7,10,12-13,15H,8,18H2,1-2H3,(H,22,23)/t10-,12-,13+,15?/m1/s1. The van der Waals surface area contributed by atoms with Crippen LogP contribution in [0.15, 0.2) is 30.3 Å². The van der Waals surface area contributed by atoms with Crippen molar-refractivity contribution >= 4 is 29.4 Å². The van der Waals surface area contributed by atoms with E-state index in [0.717, 1.165) is 0 Å². The maximum atomic E-state index is 12.4. The lowest BCUT2D eigenvalue weighted by Crippen LogP contribution is -2.63. The van der Waals surface area contributed by atoms with Crippen LogP contribution in [0.1, 0.15) is 31.9 Å². The van der Waals surface area contributed by atoms with Crippen LogP contribution in [0.3, 0.4) is 0 Å². The Morgan fingerprint density at radius 3 is 2.54 bits per heavy atom. The second-order valence-electron chi connectivity index (χ2n) is 6.76. The molecule has 0 radical (unpaired) electrons. The highest BCUT2D eigenvalue weighted by molar-refractivity contribution is 8.01. The zero-order valence-corrected chi connectivity index (χ0v) is 14.3. The lowest BCUT2D eigenvalue weighted by atomic mass is 9.86. The summed E-state index contributed by atoms with van der Waals surface area (Å²) >= 11 is 1.45. The molecule has 2 saturated heterocycles. The van der Waals surface area contributed by atoms with E-state index >= 15 is 0 Å². The fourth-order valence-electron chi connectivity index (χ4n) is 3.47. The fourth-order valence-corrected chi connectivity index (χ4v) is 5.15. The van der Waals surface area contributed by atoms with Gasteiger partial charge in [0.15, 0.2) is 5.78 Å². The van der Waals surface area contributed by atoms with Gasteiger partial charge < -0.3 is 15.7 Å². The fraction of sp³-hybridized carbons (Fsp3) is 0.471. The molecule has 7 heteroatoms. The number of fused-ring (bicyclic) bond motifs is 1. The normalized spacial score (nSPS) is 28.9. The molecule has 2 aliphatic heterocycles. The maximum Gasteiger partial charge on any atom is 0.327 e. The number of hydrogen-bond donors (Lipinski definition) is 2. The SMILES string of the molecule is CC1(C)SC2[C@H](CC(=O)[C@H](N)c3ccccc3)C(=O)N2[C@H]1C(=O)O. The van der Waals surface area contributed by atoms with Crippen molar-refractivity contribution in [2.75, 3.05) is 0 Å². The van der Waals surface area contributed by atoms with Crippen molar-refractivity contribution in [2.24, 2.45) is 11.7 Å². The van der Waals surface area contributed by atoms with Gasteiger partial charge in [0, 0.05) is 11.2 Å². The van der Waals surface area contributed by atoms with Crippen LogP contribution in [0.2, 0.25) is 0 Å². The molecule has 24 heavy (non-hydrogen) atoms. The lowest BCUT2D eigenvalue weighted by Gasteiger charge is -2.43. The van der Waals surface area contributed by atoms with Crippen molar-refractivity contribution in [3.8, 4) is 0 Å². The number of nitrogens with zero attached hydrogens (tertiary/aromatic N) is 1. The Labute approximate surface area is 144 Å². The van der Waals surface area contributed by atoms with E-state index in [1.54, 1.807) is 12.1 Å². The molecule has 0 bridgehead atoms. The third kappa shape index (κ3) is 2.61. The summed E-state index contributed by atoms with van der Waals surface area (Å²) in [6.45, 7) is 3.63. The van der Waals surface area contributed by atoms with Gasteiger partial charge in [0.2, 0.25) is 5.91 Å². The summed E-state index contributed by atoms with van der Waals surface area (Å²) in [4.78, 5) is 37.7. The van der Waals surface area contributed by atoms with E-state index in [1.807, 2.05) is 32.0 Å². The van der Waals surface area contributed by atoms with Gasteiger partial charge in [-0.1, -0.05) is 30.3 Å². The number of carboxylic acids is 1.